The molecular weight excluding hydrogens is 504 g/mol. The average Bonchev–Trinajstić information content (AvgIpc) is 2.94. The number of rotatable bonds is 10. The molecule has 0 saturated carbocycles. The Bertz CT molecular complexity index is 1250. The highest BCUT2D eigenvalue weighted by Crippen LogP contribution is 2.11. The molecule has 4 N–H and O–H groups in total. The van der Waals surface area contributed by atoms with Gasteiger partial charge in [-0.25, -0.2) is 0 Å². The van der Waals surface area contributed by atoms with E-state index in [0.717, 1.165) is 6.42 Å². The number of aryl methyl sites for hydroxylation is 1. The quantitative estimate of drug-likeness (QED) is 0.136. The summed E-state index contributed by atoms with van der Waals surface area (Å²) in [6.07, 6.45) is 1.30. The van der Waals surface area contributed by atoms with Crippen LogP contribution in [-0.2, 0) is 20.7 Å². The van der Waals surface area contributed by atoms with E-state index in [2.05, 4.69) is 21.5 Å². The average molecular weight is 533 g/mol. The summed E-state index contributed by atoms with van der Waals surface area (Å²) in [6.45, 7) is 0.279. The molecule has 3 amide bonds. The Kier molecular flexibility index (Phi) is 11.0. The molecule has 3 rings (SSSR count). The highest BCUT2D eigenvalue weighted by molar-refractivity contribution is 7.80. The molecule has 0 bridgehead atoms. The minimum absolute atomic E-state index is 0.0840. The van der Waals surface area contributed by atoms with Crippen molar-refractivity contribution in [2.24, 2.45) is 0 Å². The van der Waals surface area contributed by atoms with Gasteiger partial charge in [0.05, 0.1) is 13.0 Å². The van der Waals surface area contributed by atoms with Gasteiger partial charge in [0.25, 0.3) is 11.8 Å². The molecule has 10 heteroatoms. The molecular formula is C28H28N4O5S. The molecule has 38 heavy (non-hydrogen) atoms. The van der Waals surface area contributed by atoms with Crippen LogP contribution in [0.1, 0.15) is 45.5 Å². The zero-order valence-electron chi connectivity index (χ0n) is 20.6. The van der Waals surface area contributed by atoms with Crippen LogP contribution in [-0.4, -0.2) is 35.4 Å². The van der Waals surface area contributed by atoms with Crippen LogP contribution in [0.5, 0.6) is 0 Å². The van der Waals surface area contributed by atoms with Gasteiger partial charge in [0.1, 0.15) is 0 Å². The van der Waals surface area contributed by atoms with E-state index in [1.54, 1.807) is 36.4 Å². The number of carbonyl (C=O) groups excluding carboxylic acids is 4. The van der Waals surface area contributed by atoms with Crippen LogP contribution in [0.3, 0.4) is 0 Å². The standard InChI is InChI=1S/C28H28N4O5S/c33-24(17-18-25(34)37-19-7-10-20-8-3-1-4-9-20)30-28(38)32-31-27(36)22-13-15-23(16-14-22)29-26(35)21-11-5-2-6-12-21/h1-6,8-9,11-16H,7,10,17-19H2,(H,29,35)(H,31,36)(H2,30,32,33,38). The Morgan fingerprint density at radius 3 is 2.03 bits per heavy atom. The van der Waals surface area contributed by atoms with Crippen molar-refractivity contribution >= 4 is 46.7 Å². The molecule has 3 aromatic rings. The lowest BCUT2D eigenvalue weighted by Gasteiger charge is -2.11. The molecule has 0 aliphatic carbocycles. The van der Waals surface area contributed by atoms with E-state index < -0.39 is 17.8 Å². The number of hydrogen-bond donors (Lipinski definition) is 4. The van der Waals surface area contributed by atoms with Crippen LogP contribution < -0.4 is 21.5 Å². The smallest absolute Gasteiger partial charge is 0.306 e. The lowest BCUT2D eigenvalue weighted by Crippen LogP contribution is -2.48. The maximum atomic E-state index is 12.3. The third-order valence-electron chi connectivity index (χ3n) is 5.26. The van der Waals surface area contributed by atoms with Crippen LogP contribution in [0.4, 0.5) is 5.69 Å². The van der Waals surface area contributed by atoms with E-state index in [1.807, 2.05) is 36.4 Å². The Hall–Kier alpha value is -4.57. The zero-order valence-corrected chi connectivity index (χ0v) is 21.4. The second-order valence-electron chi connectivity index (χ2n) is 8.16. The number of ether oxygens (including phenoxy) is 1. The predicted molar refractivity (Wildman–Crippen MR) is 147 cm³/mol. The second kappa shape index (κ2) is 14.9. The predicted octanol–water partition coefficient (Wildman–Crippen LogP) is 3.53. The largest absolute Gasteiger partial charge is 0.466 e. The van der Waals surface area contributed by atoms with Gasteiger partial charge in [-0.1, -0.05) is 48.5 Å². The van der Waals surface area contributed by atoms with Gasteiger partial charge in [0, 0.05) is 23.2 Å². The normalized spacial score (nSPS) is 10.1. The molecule has 0 unspecified atom stereocenters. The van der Waals surface area contributed by atoms with Crippen molar-refractivity contribution in [3.05, 3.63) is 102 Å². The van der Waals surface area contributed by atoms with Gasteiger partial charge in [0.15, 0.2) is 5.11 Å². The van der Waals surface area contributed by atoms with E-state index in [-0.39, 0.29) is 30.5 Å². The van der Waals surface area contributed by atoms with E-state index >= 15 is 0 Å². The first-order valence-electron chi connectivity index (χ1n) is 12.0. The number of thiocarbonyl (C=S) groups is 1. The summed E-state index contributed by atoms with van der Waals surface area (Å²) in [6, 6.07) is 24.9. The summed E-state index contributed by atoms with van der Waals surface area (Å²) in [5, 5.41) is 5.02. The number of anilines is 1. The van der Waals surface area contributed by atoms with Crippen LogP contribution in [0, 0.1) is 0 Å². The first-order chi connectivity index (χ1) is 18.4. The van der Waals surface area contributed by atoms with Gasteiger partial charge < -0.3 is 15.4 Å². The Labute approximate surface area is 225 Å². The van der Waals surface area contributed by atoms with Crippen molar-refractivity contribution in [1.82, 2.24) is 16.2 Å². The summed E-state index contributed by atoms with van der Waals surface area (Å²) in [4.78, 5) is 48.4. The molecule has 0 heterocycles. The lowest BCUT2D eigenvalue weighted by molar-refractivity contribution is -0.145. The van der Waals surface area contributed by atoms with E-state index in [1.165, 1.54) is 17.7 Å². The molecule has 0 atom stereocenters. The second-order valence-corrected chi connectivity index (χ2v) is 8.57. The number of hydrazine groups is 1. The highest BCUT2D eigenvalue weighted by Gasteiger charge is 2.11. The van der Waals surface area contributed by atoms with Gasteiger partial charge in [-0.3, -0.25) is 30.0 Å². The lowest BCUT2D eigenvalue weighted by atomic mass is 10.1. The Balaban J connectivity index is 1.30. The van der Waals surface area contributed by atoms with Crippen molar-refractivity contribution in [3.63, 3.8) is 0 Å². The molecule has 0 aliphatic heterocycles. The summed E-state index contributed by atoms with van der Waals surface area (Å²) in [5.41, 5.74) is 7.34. The van der Waals surface area contributed by atoms with Gasteiger partial charge in [-0.05, 0) is 67.0 Å². The van der Waals surface area contributed by atoms with Gasteiger partial charge in [-0.2, -0.15) is 0 Å². The number of benzene rings is 3. The Morgan fingerprint density at radius 1 is 0.711 bits per heavy atom. The van der Waals surface area contributed by atoms with E-state index in [0.29, 0.717) is 23.2 Å². The molecule has 9 nitrogen and oxygen atoms in total. The molecule has 0 saturated heterocycles. The molecule has 196 valence electrons. The van der Waals surface area contributed by atoms with E-state index in [9.17, 15) is 19.2 Å². The van der Waals surface area contributed by atoms with Crippen molar-refractivity contribution in [3.8, 4) is 0 Å². The molecule has 0 spiro atoms. The monoisotopic (exact) mass is 532 g/mol. The Morgan fingerprint density at radius 2 is 1.34 bits per heavy atom. The molecule has 0 radical (unpaired) electrons. The first kappa shape index (κ1) is 28.0. The third-order valence-corrected chi connectivity index (χ3v) is 5.46. The first-order valence-corrected chi connectivity index (χ1v) is 12.4. The van der Waals surface area contributed by atoms with Gasteiger partial charge >= 0.3 is 5.97 Å². The van der Waals surface area contributed by atoms with Crippen LogP contribution in [0.2, 0.25) is 0 Å². The third kappa shape index (κ3) is 9.82. The van der Waals surface area contributed by atoms with Crippen LogP contribution >= 0.6 is 12.2 Å². The van der Waals surface area contributed by atoms with Crippen molar-refractivity contribution in [2.75, 3.05) is 11.9 Å². The van der Waals surface area contributed by atoms with Crippen molar-refractivity contribution in [1.29, 1.82) is 0 Å². The number of esters is 1. The van der Waals surface area contributed by atoms with Crippen LogP contribution in [0.15, 0.2) is 84.9 Å². The summed E-state index contributed by atoms with van der Waals surface area (Å²) in [7, 11) is 0. The minimum Gasteiger partial charge on any atom is -0.466 e. The van der Waals surface area contributed by atoms with E-state index in [4.69, 9.17) is 17.0 Å². The van der Waals surface area contributed by atoms with Crippen molar-refractivity contribution in [2.45, 2.75) is 25.7 Å². The van der Waals surface area contributed by atoms with Gasteiger partial charge in [0.2, 0.25) is 5.91 Å². The fourth-order valence-electron chi connectivity index (χ4n) is 3.30. The fraction of sp³-hybridized carbons (Fsp3) is 0.179. The van der Waals surface area contributed by atoms with Gasteiger partial charge in [-0.15, -0.1) is 0 Å². The molecule has 3 aromatic carbocycles. The number of hydrogen-bond acceptors (Lipinski definition) is 6. The minimum atomic E-state index is -0.499. The summed E-state index contributed by atoms with van der Waals surface area (Å²) >= 11 is 5.00. The molecule has 0 aromatic heterocycles. The maximum Gasteiger partial charge on any atom is 0.306 e. The summed E-state index contributed by atoms with van der Waals surface area (Å²) in [5.74, 6) is -1.72. The fourth-order valence-corrected chi connectivity index (χ4v) is 3.46. The zero-order chi connectivity index (χ0) is 27.2. The summed E-state index contributed by atoms with van der Waals surface area (Å²) < 4.78 is 5.15. The molecule has 0 fully saturated rings. The SMILES string of the molecule is O=C(CCC(=O)OCCCc1ccccc1)NC(=S)NNC(=O)c1ccc(NC(=O)c2ccccc2)cc1. The number of amides is 3. The molecule has 0 aliphatic rings. The number of nitrogens with one attached hydrogen (secondary N) is 4. The topological polar surface area (TPSA) is 126 Å². The maximum absolute atomic E-state index is 12.3. The highest BCUT2D eigenvalue weighted by atomic mass is 32.1. The van der Waals surface area contributed by atoms with Crippen LogP contribution in [0.25, 0.3) is 0 Å². The van der Waals surface area contributed by atoms with Crippen molar-refractivity contribution < 1.29 is 23.9 Å². The number of carbonyl (C=O) groups is 4.